The van der Waals surface area contributed by atoms with E-state index < -0.39 is 11.8 Å². The van der Waals surface area contributed by atoms with Gasteiger partial charge in [-0.25, -0.2) is 9.18 Å². The molecular weight excluding hydrogens is 225 g/mol. The Morgan fingerprint density at radius 1 is 1.53 bits per heavy atom. The van der Waals surface area contributed by atoms with Gasteiger partial charge in [-0.05, 0) is 19.4 Å². The van der Waals surface area contributed by atoms with Crippen LogP contribution in [0.4, 0.5) is 10.1 Å². The largest absolute Gasteiger partial charge is 0.489 e. The van der Waals surface area contributed by atoms with Crippen molar-refractivity contribution in [2.45, 2.75) is 26.4 Å². The zero-order valence-corrected chi connectivity index (χ0v) is 10.1. The number of rotatable bonds is 4. The van der Waals surface area contributed by atoms with Crippen LogP contribution in [0.15, 0.2) is 12.1 Å². The number of carbonyl (C=O) groups is 1. The molecule has 4 nitrogen and oxygen atoms in total. The quantitative estimate of drug-likeness (QED) is 0.649. The van der Waals surface area contributed by atoms with E-state index in [4.69, 9.17) is 10.5 Å². The summed E-state index contributed by atoms with van der Waals surface area (Å²) in [7, 11) is 1.19. The van der Waals surface area contributed by atoms with Gasteiger partial charge in [0.15, 0.2) is 0 Å². The summed E-state index contributed by atoms with van der Waals surface area (Å²) in [5, 5.41) is 0. The van der Waals surface area contributed by atoms with Gasteiger partial charge in [0.05, 0.1) is 24.5 Å². The first-order valence-corrected chi connectivity index (χ1v) is 5.33. The molecule has 0 aromatic heterocycles. The Morgan fingerprint density at radius 3 is 2.71 bits per heavy atom. The van der Waals surface area contributed by atoms with Crippen LogP contribution in [0, 0.1) is 5.82 Å². The number of nitrogens with two attached hydrogens (primary N) is 1. The highest BCUT2D eigenvalue weighted by Crippen LogP contribution is 2.27. The van der Waals surface area contributed by atoms with Gasteiger partial charge < -0.3 is 15.2 Å². The van der Waals surface area contributed by atoms with Crippen LogP contribution in [-0.2, 0) is 4.74 Å². The van der Waals surface area contributed by atoms with E-state index in [0.29, 0.717) is 5.75 Å². The molecule has 0 amide bonds. The maximum Gasteiger partial charge on any atom is 0.340 e. The molecule has 0 saturated heterocycles. The first-order chi connectivity index (χ1) is 7.99. The molecule has 0 radical (unpaired) electrons. The Hall–Kier alpha value is -1.78. The van der Waals surface area contributed by atoms with Crippen molar-refractivity contribution in [3.05, 3.63) is 23.5 Å². The number of hydrogen-bond donors (Lipinski definition) is 1. The number of esters is 1. The van der Waals surface area contributed by atoms with E-state index in [1.807, 2.05) is 13.8 Å². The summed E-state index contributed by atoms with van der Waals surface area (Å²) >= 11 is 0. The molecule has 0 spiro atoms. The molecule has 0 heterocycles. The maximum absolute atomic E-state index is 13.5. The smallest absolute Gasteiger partial charge is 0.340 e. The zero-order valence-electron chi connectivity index (χ0n) is 10.1. The third-order valence-electron chi connectivity index (χ3n) is 2.41. The van der Waals surface area contributed by atoms with Crippen molar-refractivity contribution in [1.29, 1.82) is 0 Å². The van der Waals surface area contributed by atoms with Crippen molar-refractivity contribution in [2.75, 3.05) is 12.8 Å². The van der Waals surface area contributed by atoms with E-state index in [2.05, 4.69) is 4.74 Å². The van der Waals surface area contributed by atoms with Gasteiger partial charge in [-0.2, -0.15) is 0 Å². The van der Waals surface area contributed by atoms with Crippen LogP contribution in [-0.4, -0.2) is 19.2 Å². The summed E-state index contributed by atoms with van der Waals surface area (Å²) in [5.74, 6) is -1.18. The molecule has 1 aromatic rings. The van der Waals surface area contributed by atoms with Gasteiger partial charge in [0.25, 0.3) is 0 Å². The van der Waals surface area contributed by atoms with Crippen LogP contribution in [0.3, 0.4) is 0 Å². The summed E-state index contributed by atoms with van der Waals surface area (Å²) in [5.41, 5.74) is 5.60. The SMILES string of the molecule is CCC(C)Oc1cc(C(=O)OC)c(F)cc1N. The third kappa shape index (κ3) is 3.09. The van der Waals surface area contributed by atoms with E-state index in [9.17, 15) is 9.18 Å². The molecule has 5 heteroatoms. The van der Waals surface area contributed by atoms with Crippen LogP contribution in [0.1, 0.15) is 30.6 Å². The Balaban J connectivity index is 3.10. The summed E-state index contributed by atoms with van der Waals surface area (Å²) in [6, 6.07) is 2.33. The van der Waals surface area contributed by atoms with Gasteiger partial charge in [0.2, 0.25) is 0 Å². The molecule has 0 fully saturated rings. The van der Waals surface area contributed by atoms with E-state index in [1.54, 1.807) is 0 Å². The second-order valence-corrected chi connectivity index (χ2v) is 3.70. The molecule has 0 aliphatic carbocycles. The highest BCUT2D eigenvalue weighted by molar-refractivity contribution is 5.91. The van der Waals surface area contributed by atoms with Gasteiger partial charge in [-0.3, -0.25) is 0 Å². The molecule has 0 saturated carbocycles. The Morgan fingerprint density at radius 2 is 2.18 bits per heavy atom. The number of benzene rings is 1. The van der Waals surface area contributed by atoms with Crippen molar-refractivity contribution in [2.24, 2.45) is 0 Å². The Labute approximate surface area is 99.5 Å². The molecule has 17 heavy (non-hydrogen) atoms. The lowest BCUT2D eigenvalue weighted by Crippen LogP contribution is -2.13. The Kier molecular flexibility index (Phi) is 4.31. The highest BCUT2D eigenvalue weighted by Gasteiger charge is 2.16. The molecule has 1 unspecified atom stereocenters. The van der Waals surface area contributed by atoms with Crippen LogP contribution in [0.5, 0.6) is 5.75 Å². The van der Waals surface area contributed by atoms with E-state index in [-0.39, 0.29) is 17.4 Å². The van der Waals surface area contributed by atoms with Gasteiger partial charge in [-0.15, -0.1) is 0 Å². The molecule has 94 valence electrons. The first kappa shape index (κ1) is 13.3. The second-order valence-electron chi connectivity index (χ2n) is 3.70. The Bertz CT molecular complexity index is 420. The van der Waals surface area contributed by atoms with E-state index >= 15 is 0 Å². The molecule has 2 N–H and O–H groups in total. The number of carbonyl (C=O) groups excluding carboxylic acids is 1. The zero-order chi connectivity index (χ0) is 13.0. The lowest BCUT2D eigenvalue weighted by Gasteiger charge is -2.15. The summed E-state index contributed by atoms with van der Waals surface area (Å²) in [6.45, 7) is 3.81. The summed E-state index contributed by atoms with van der Waals surface area (Å²) in [4.78, 5) is 11.3. The average molecular weight is 241 g/mol. The fraction of sp³-hybridized carbons (Fsp3) is 0.417. The minimum absolute atomic E-state index is 0.0618. The van der Waals surface area contributed by atoms with E-state index in [0.717, 1.165) is 12.5 Å². The lowest BCUT2D eigenvalue weighted by atomic mass is 10.1. The second kappa shape index (κ2) is 5.52. The first-order valence-electron chi connectivity index (χ1n) is 5.33. The van der Waals surface area contributed by atoms with Crippen LogP contribution < -0.4 is 10.5 Å². The van der Waals surface area contributed by atoms with Crippen molar-refractivity contribution >= 4 is 11.7 Å². The number of hydrogen-bond acceptors (Lipinski definition) is 4. The number of ether oxygens (including phenoxy) is 2. The predicted octanol–water partition coefficient (Wildman–Crippen LogP) is 2.37. The molecular formula is C12H16FNO3. The van der Waals surface area contributed by atoms with Crippen molar-refractivity contribution < 1.29 is 18.7 Å². The number of halogens is 1. The third-order valence-corrected chi connectivity index (χ3v) is 2.41. The van der Waals surface area contributed by atoms with Crippen molar-refractivity contribution in [1.82, 2.24) is 0 Å². The minimum atomic E-state index is -0.753. The van der Waals surface area contributed by atoms with Gasteiger partial charge >= 0.3 is 5.97 Å². The molecule has 0 bridgehead atoms. The van der Waals surface area contributed by atoms with Gasteiger partial charge in [0.1, 0.15) is 11.6 Å². The lowest BCUT2D eigenvalue weighted by molar-refractivity contribution is 0.0594. The predicted molar refractivity (Wildman–Crippen MR) is 62.5 cm³/mol. The number of anilines is 1. The topological polar surface area (TPSA) is 61.5 Å². The number of nitrogen functional groups attached to an aromatic ring is 1. The normalized spacial score (nSPS) is 12.0. The fourth-order valence-corrected chi connectivity index (χ4v) is 1.24. The van der Waals surface area contributed by atoms with Gasteiger partial charge in [-0.1, -0.05) is 6.92 Å². The number of methoxy groups -OCH3 is 1. The molecule has 1 atom stereocenters. The van der Waals surface area contributed by atoms with Gasteiger partial charge in [0, 0.05) is 6.07 Å². The van der Waals surface area contributed by atoms with Crippen LogP contribution in [0.25, 0.3) is 0 Å². The van der Waals surface area contributed by atoms with Crippen molar-refractivity contribution in [3.63, 3.8) is 0 Å². The molecule has 0 aliphatic heterocycles. The van der Waals surface area contributed by atoms with Crippen LogP contribution >= 0.6 is 0 Å². The molecule has 1 aromatic carbocycles. The molecule has 0 aliphatic rings. The average Bonchev–Trinajstić information content (AvgIpc) is 2.31. The van der Waals surface area contributed by atoms with E-state index in [1.165, 1.54) is 13.2 Å². The molecule has 1 rings (SSSR count). The van der Waals surface area contributed by atoms with Crippen molar-refractivity contribution in [3.8, 4) is 5.75 Å². The summed E-state index contributed by atoms with van der Waals surface area (Å²) in [6.07, 6.45) is 0.720. The summed E-state index contributed by atoms with van der Waals surface area (Å²) < 4.78 is 23.4. The monoisotopic (exact) mass is 241 g/mol. The minimum Gasteiger partial charge on any atom is -0.489 e. The fourth-order valence-electron chi connectivity index (χ4n) is 1.24. The highest BCUT2D eigenvalue weighted by atomic mass is 19.1. The standard InChI is InChI=1S/C12H16FNO3/c1-4-7(2)17-11-5-8(12(15)16-3)9(13)6-10(11)14/h5-7H,4,14H2,1-3H3. The maximum atomic E-state index is 13.5. The van der Waals surface area contributed by atoms with Crippen LogP contribution in [0.2, 0.25) is 0 Å².